The van der Waals surface area contributed by atoms with Crippen molar-refractivity contribution < 1.29 is 14.5 Å². The minimum absolute atomic E-state index is 0.0736. The van der Waals surface area contributed by atoms with Gasteiger partial charge in [0.15, 0.2) is 0 Å². The standard InChI is InChI=1S/C22H29N3O4/c1-3-7-20(23-19-8-5-4-6-9-19)17-24(15-14-22(26)29-2)16-18-10-12-21(13-11-18)25(27)28/h4-6,8-13,20,23H,3,7,14-17H2,1-2H3. The molecule has 156 valence electrons. The fourth-order valence-corrected chi connectivity index (χ4v) is 3.21. The lowest BCUT2D eigenvalue weighted by Gasteiger charge is -2.28. The second-order valence-electron chi connectivity index (χ2n) is 6.98. The number of rotatable bonds is 12. The van der Waals surface area contributed by atoms with Gasteiger partial charge in [-0.05, 0) is 24.1 Å². The highest BCUT2D eigenvalue weighted by Crippen LogP contribution is 2.16. The van der Waals surface area contributed by atoms with Gasteiger partial charge in [-0.2, -0.15) is 0 Å². The summed E-state index contributed by atoms with van der Waals surface area (Å²) >= 11 is 0. The van der Waals surface area contributed by atoms with Gasteiger partial charge in [-0.1, -0.05) is 43.7 Å². The molecule has 29 heavy (non-hydrogen) atoms. The lowest BCUT2D eigenvalue weighted by molar-refractivity contribution is -0.384. The maximum Gasteiger partial charge on any atom is 0.306 e. The van der Waals surface area contributed by atoms with Crippen LogP contribution in [-0.2, 0) is 16.1 Å². The average Bonchev–Trinajstić information content (AvgIpc) is 2.73. The molecule has 0 radical (unpaired) electrons. The summed E-state index contributed by atoms with van der Waals surface area (Å²) in [5.41, 5.74) is 2.11. The Hall–Kier alpha value is -2.93. The molecule has 0 aliphatic rings. The van der Waals surface area contributed by atoms with Crippen molar-refractivity contribution in [2.75, 3.05) is 25.5 Å². The number of nitrogens with zero attached hydrogens (tertiary/aromatic N) is 2. The Labute approximate surface area is 171 Å². The van der Waals surface area contributed by atoms with Gasteiger partial charge in [0.1, 0.15) is 0 Å². The largest absolute Gasteiger partial charge is 0.469 e. The molecule has 0 saturated heterocycles. The number of esters is 1. The second-order valence-corrected chi connectivity index (χ2v) is 6.98. The van der Waals surface area contributed by atoms with Gasteiger partial charge in [0.25, 0.3) is 5.69 Å². The van der Waals surface area contributed by atoms with Crippen LogP contribution in [0.2, 0.25) is 0 Å². The fraction of sp³-hybridized carbons (Fsp3) is 0.409. The third kappa shape index (κ3) is 7.91. The highest BCUT2D eigenvalue weighted by molar-refractivity contribution is 5.69. The number of nitro benzene ring substituents is 1. The lowest BCUT2D eigenvalue weighted by atomic mass is 10.1. The molecule has 0 heterocycles. The SMILES string of the molecule is CCCC(CN(CCC(=O)OC)Cc1ccc([N+](=O)[O-])cc1)Nc1ccccc1. The van der Waals surface area contributed by atoms with E-state index < -0.39 is 4.92 Å². The summed E-state index contributed by atoms with van der Waals surface area (Å²) in [6.07, 6.45) is 2.32. The van der Waals surface area contributed by atoms with Gasteiger partial charge in [-0.15, -0.1) is 0 Å². The van der Waals surface area contributed by atoms with Gasteiger partial charge < -0.3 is 10.1 Å². The number of benzene rings is 2. The number of hydrogen-bond acceptors (Lipinski definition) is 6. The van der Waals surface area contributed by atoms with Crippen LogP contribution in [0, 0.1) is 10.1 Å². The van der Waals surface area contributed by atoms with Crippen LogP contribution in [0.5, 0.6) is 0 Å². The van der Waals surface area contributed by atoms with E-state index in [2.05, 4.69) is 17.1 Å². The molecule has 1 atom stereocenters. The average molecular weight is 399 g/mol. The molecule has 0 amide bonds. The number of hydrogen-bond donors (Lipinski definition) is 1. The van der Waals surface area contributed by atoms with Gasteiger partial charge in [-0.25, -0.2) is 0 Å². The number of methoxy groups -OCH3 is 1. The van der Waals surface area contributed by atoms with Crippen molar-refractivity contribution in [3.05, 3.63) is 70.3 Å². The molecule has 0 fully saturated rings. The maximum atomic E-state index is 11.7. The lowest BCUT2D eigenvalue weighted by Crippen LogP contribution is -2.37. The monoisotopic (exact) mass is 399 g/mol. The number of ether oxygens (including phenoxy) is 1. The number of nitro groups is 1. The van der Waals surface area contributed by atoms with Crippen molar-refractivity contribution >= 4 is 17.3 Å². The Morgan fingerprint density at radius 2 is 1.86 bits per heavy atom. The Morgan fingerprint density at radius 3 is 2.45 bits per heavy atom. The zero-order valence-corrected chi connectivity index (χ0v) is 17.0. The zero-order chi connectivity index (χ0) is 21.1. The summed E-state index contributed by atoms with van der Waals surface area (Å²) in [5, 5.41) is 14.4. The van der Waals surface area contributed by atoms with Crippen LogP contribution in [0.15, 0.2) is 54.6 Å². The predicted octanol–water partition coefficient (Wildman–Crippen LogP) is 4.24. The molecule has 0 bridgehead atoms. The summed E-state index contributed by atoms with van der Waals surface area (Å²) in [5.74, 6) is -0.248. The van der Waals surface area contributed by atoms with Crippen molar-refractivity contribution in [2.24, 2.45) is 0 Å². The van der Waals surface area contributed by atoms with Crippen LogP contribution < -0.4 is 5.32 Å². The molecular weight excluding hydrogens is 370 g/mol. The number of nitrogens with one attached hydrogen (secondary N) is 1. The number of carbonyl (C=O) groups is 1. The van der Waals surface area contributed by atoms with E-state index in [-0.39, 0.29) is 17.7 Å². The first-order valence-corrected chi connectivity index (χ1v) is 9.86. The third-order valence-corrected chi connectivity index (χ3v) is 4.67. The Morgan fingerprint density at radius 1 is 1.17 bits per heavy atom. The quantitative estimate of drug-likeness (QED) is 0.326. The van der Waals surface area contributed by atoms with E-state index in [1.54, 1.807) is 12.1 Å². The van der Waals surface area contributed by atoms with Crippen molar-refractivity contribution in [1.29, 1.82) is 0 Å². The van der Waals surface area contributed by atoms with Crippen LogP contribution in [0.25, 0.3) is 0 Å². The predicted molar refractivity (Wildman–Crippen MR) is 114 cm³/mol. The molecule has 0 saturated carbocycles. The Balaban J connectivity index is 2.09. The smallest absolute Gasteiger partial charge is 0.306 e. The van der Waals surface area contributed by atoms with E-state index in [1.807, 2.05) is 30.3 Å². The second kappa shape index (κ2) is 11.8. The zero-order valence-electron chi connectivity index (χ0n) is 17.0. The molecule has 1 N–H and O–H groups in total. The number of anilines is 1. The molecule has 0 aliphatic heterocycles. The van der Waals surface area contributed by atoms with Gasteiger partial charge in [-0.3, -0.25) is 19.8 Å². The number of non-ortho nitro benzene ring substituents is 1. The molecule has 1 unspecified atom stereocenters. The molecule has 0 spiro atoms. The highest BCUT2D eigenvalue weighted by Gasteiger charge is 2.16. The van der Waals surface area contributed by atoms with E-state index >= 15 is 0 Å². The topological polar surface area (TPSA) is 84.7 Å². The number of para-hydroxylation sites is 1. The number of carbonyl (C=O) groups excluding carboxylic acids is 1. The van der Waals surface area contributed by atoms with Crippen LogP contribution >= 0.6 is 0 Å². The minimum Gasteiger partial charge on any atom is -0.469 e. The molecule has 0 aromatic heterocycles. The molecule has 7 heteroatoms. The van der Waals surface area contributed by atoms with Crippen LogP contribution in [0.1, 0.15) is 31.7 Å². The molecule has 2 rings (SSSR count). The maximum absolute atomic E-state index is 11.7. The van der Waals surface area contributed by atoms with E-state index in [0.717, 1.165) is 30.6 Å². The van der Waals surface area contributed by atoms with Gasteiger partial charge in [0.05, 0.1) is 18.5 Å². The van der Waals surface area contributed by atoms with Crippen LogP contribution in [0.4, 0.5) is 11.4 Å². The molecular formula is C22H29N3O4. The van der Waals surface area contributed by atoms with E-state index in [1.165, 1.54) is 19.2 Å². The molecule has 2 aromatic carbocycles. The fourth-order valence-electron chi connectivity index (χ4n) is 3.21. The normalized spacial score (nSPS) is 11.8. The van der Waals surface area contributed by atoms with Gasteiger partial charge in [0, 0.05) is 43.5 Å². The third-order valence-electron chi connectivity index (χ3n) is 4.67. The molecule has 2 aromatic rings. The molecule has 0 aliphatic carbocycles. The van der Waals surface area contributed by atoms with E-state index in [4.69, 9.17) is 4.74 Å². The minimum atomic E-state index is -0.403. The van der Waals surface area contributed by atoms with Crippen molar-refractivity contribution in [3.63, 3.8) is 0 Å². The summed E-state index contributed by atoms with van der Waals surface area (Å²) in [6, 6.07) is 16.8. The van der Waals surface area contributed by atoms with Crippen molar-refractivity contribution in [2.45, 2.75) is 38.8 Å². The summed E-state index contributed by atoms with van der Waals surface area (Å²) in [7, 11) is 1.39. The summed E-state index contributed by atoms with van der Waals surface area (Å²) in [6.45, 7) is 4.05. The van der Waals surface area contributed by atoms with Crippen molar-refractivity contribution in [1.82, 2.24) is 4.90 Å². The Kier molecular flexibility index (Phi) is 9.11. The van der Waals surface area contributed by atoms with E-state index in [0.29, 0.717) is 19.5 Å². The highest BCUT2D eigenvalue weighted by atomic mass is 16.6. The van der Waals surface area contributed by atoms with Crippen LogP contribution in [-0.4, -0.2) is 42.0 Å². The van der Waals surface area contributed by atoms with E-state index in [9.17, 15) is 14.9 Å². The summed E-state index contributed by atoms with van der Waals surface area (Å²) in [4.78, 5) is 24.3. The van der Waals surface area contributed by atoms with Gasteiger partial charge in [0.2, 0.25) is 0 Å². The van der Waals surface area contributed by atoms with Crippen LogP contribution in [0.3, 0.4) is 0 Å². The van der Waals surface area contributed by atoms with Crippen molar-refractivity contribution in [3.8, 4) is 0 Å². The Bertz CT molecular complexity index is 765. The first-order chi connectivity index (χ1) is 14.0. The van der Waals surface area contributed by atoms with Gasteiger partial charge >= 0.3 is 5.97 Å². The first-order valence-electron chi connectivity index (χ1n) is 9.86. The first kappa shape index (κ1) is 22.4. The summed E-state index contributed by atoms with van der Waals surface area (Å²) < 4.78 is 4.78. The molecule has 7 nitrogen and oxygen atoms in total.